The van der Waals surface area contributed by atoms with Gasteiger partial charge in [0.1, 0.15) is 0 Å². The SMILES string of the molecule is Cc1cc([N+](=O)[O-])c(OC(C)C)cc1C1=CC(C)N(C)[C@H](C)C1. The molecule has 0 saturated heterocycles. The average Bonchev–Trinajstić information content (AvgIpc) is 2.45. The second-order valence-electron chi connectivity index (χ2n) is 6.71. The molecule has 23 heavy (non-hydrogen) atoms. The van der Waals surface area contributed by atoms with Crippen LogP contribution in [-0.4, -0.2) is 35.1 Å². The summed E-state index contributed by atoms with van der Waals surface area (Å²) in [5.41, 5.74) is 3.25. The van der Waals surface area contributed by atoms with Gasteiger partial charge in [0.25, 0.3) is 0 Å². The zero-order valence-corrected chi connectivity index (χ0v) is 14.8. The summed E-state index contributed by atoms with van der Waals surface area (Å²) >= 11 is 0. The minimum atomic E-state index is -0.372. The van der Waals surface area contributed by atoms with E-state index in [1.807, 2.05) is 26.8 Å². The lowest BCUT2D eigenvalue weighted by molar-refractivity contribution is -0.386. The third kappa shape index (κ3) is 3.72. The molecule has 0 fully saturated rings. The second kappa shape index (κ2) is 6.71. The van der Waals surface area contributed by atoms with E-state index in [0.717, 1.165) is 17.5 Å². The molecule has 0 amide bonds. The fourth-order valence-electron chi connectivity index (χ4n) is 3.05. The number of aryl methyl sites for hydroxylation is 1. The van der Waals surface area contributed by atoms with Crippen LogP contribution in [0, 0.1) is 17.0 Å². The number of rotatable bonds is 4. The third-order valence-electron chi connectivity index (χ3n) is 4.51. The van der Waals surface area contributed by atoms with Crippen LogP contribution in [0.1, 0.15) is 45.2 Å². The lowest BCUT2D eigenvalue weighted by Crippen LogP contribution is -2.39. The van der Waals surface area contributed by atoms with Crippen molar-refractivity contribution in [1.29, 1.82) is 0 Å². The number of nitrogens with zero attached hydrogens (tertiary/aromatic N) is 2. The molecule has 2 rings (SSSR count). The third-order valence-corrected chi connectivity index (χ3v) is 4.51. The number of hydrogen-bond donors (Lipinski definition) is 0. The second-order valence-corrected chi connectivity index (χ2v) is 6.71. The monoisotopic (exact) mass is 318 g/mol. The van der Waals surface area contributed by atoms with Crippen molar-refractivity contribution in [2.24, 2.45) is 0 Å². The maximum absolute atomic E-state index is 11.3. The Balaban J connectivity index is 2.51. The van der Waals surface area contributed by atoms with Gasteiger partial charge in [-0.25, -0.2) is 0 Å². The van der Waals surface area contributed by atoms with E-state index >= 15 is 0 Å². The first-order chi connectivity index (χ1) is 10.7. The molecular formula is C18H26N2O3. The molecule has 1 aliphatic rings. The Kier molecular flexibility index (Phi) is 5.09. The molecule has 0 bridgehead atoms. The predicted octanol–water partition coefficient (Wildman–Crippen LogP) is 4.19. The lowest BCUT2D eigenvalue weighted by atomic mass is 9.89. The minimum absolute atomic E-state index is 0.0366. The molecule has 2 atom stereocenters. The van der Waals surface area contributed by atoms with Gasteiger partial charge in [-0.15, -0.1) is 0 Å². The molecular weight excluding hydrogens is 292 g/mol. The zero-order chi connectivity index (χ0) is 17.3. The van der Waals surface area contributed by atoms with Gasteiger partial charge in [0.05, 0.1) is 11.0 Å². The normalized spacial score (nSPS) is 22.1. The van der Waals surface area contributed by atoms with E-state index in [4.69, 9.17) is 4.74 Å². The Morgan fingerprint density at radius 3 is 2.52 bits per heavy atom. The number of nitro benzene ring substituents is 1. The molecule has 126 valence electrons. The molecule has 0 aliphatic carbocycles. The molecule has 1 aromatic rings. The van der Waals surface area contributed by atoms with Crippen molar-refractivity contribution in [3.8, 4) is 5.75 Å². The first kappa shape index (κ1) is 17.5. The molecule has 0 aromatic heterocycles. The standard InChI is InChI=1S/C18H26N2O3/c1-11(2)23-18-10-16(12(3)7-17(18)20(21)22)15-8-13(4)19(6)14(5)9-15/h7-8,10-11,13-14H,9H2,1-6H3/t13?,14-/m1/s1. The molecule has 0 radical (unpaired) electrons. The van der Waals surface area contributed by atoms with Gasteiger partial charge in [-0.3, -0.25) is 15.0 Å². The van der Waals surface area contributed by atoms with Crippen molar-refractivity contribution in [3.63, 3.8) is 0 Å². The average molecular weight is 318 g/mol. The van der Waals surface area contributed by atoms with Crippen LogP contribution in [0.4, 0.5) is 5.69 Å². The van der Waals surface area contributed by atoms with Crippen LogP contribution in [-0.2, 0) is 0 Å². The Bertz CT molecular complexity index is 637. The van der Waals surface area contributed by atoms with E-state index in [9.17, 15) is 10.1 Å². The Hall–Kier alpha value is -1.88. The highest BCUT2D eigenvalue weighted by Crippen LogP contribution is 2.37. The van der Waals surface area contributed by atoms with Gasteiger partial charge in [-0.05, 0) is 70.9 Å². The van der Waals surface area contributed by atoms with Crippen molar-refractivity contribution in [1.82, 2.24) is 4.90 Å². The van der Waals surface area contributed by atoms with Crippen LogP contribution in [0.2, 0.25) is 0 Å². The highest BCUT2D eigenvalue weighted by molar-refractivity contribution is 5.73. The van der Waals surface area contributed by atoms with E-state index in [-0.39, 0.29) is 16.7 Å². The van der Waals surface area contributed by atoms with Crippen LogP contribution in [0.3, 0.4) is 0 Å². The topological polar surface area (TPSA) is 55.6 Å². The maximum atomic E-state index is 11.3. The van der Waals surface area contributed by atoms with Crippen molar-refractivity contribution < 1.29 is 9.66 Å². The molecule has 0 spiro atoms. The van der Waals surface area contributed by atoms with Gasteiger partial charge < -0.3 is 4.74 Å². The molecule has 1 heterocycles. The maximum Gasteiger partial charge on any atom is 0.311 e. The highest BCUT2D eigenvalue weighted by atomic mass is 16.6. The summed E-state index contributed by atoms with van der Waals surface area (Å²) in [6.45, 7) is 10.1. The number of nitro groups is 1. The number of hydrogen-bond acceptors (Lipinski definition) is 4. The van der Waals surface area contributed by atoms with Crippen molar-refractivity contribution in [3.05, 3.63) is 39.4 Å². The van der Waals surface area contributed by atoms with Crippen molar-refractivity contribution in [2.75, 3.05) is 7.05 Å². The summed E-state index contributed by atoms with van der Waals surface area (Å²) in [5.74, 6) is 0.353. The van der Waals surface area contributed by atoms with Gasteiger partial charge in [-0.1, -0.05) is 6.08 Å². The van der Waals surface area contributed by atoms with Gasteiger partial charge in [-0.2, -0.15) is 0 Å². The van der Waals surface area contributed by atoms with Crippen molar-refractivity contribution in [2.45, 2.75) is 59.2 Å². The molecule has 1 aromatic carbocycles. The molecule has 1 aliphatic heterocycles. The summed E-state index contributed by atoms with van der Waals surface area (Å²) < 4.78 is 5.69. The highest BCUT2D eigenvalue weighted by Gasteiger charge is 2.25. The number of benzene rings is 1. The largest absolute Gasteiger partial charge is 0.484 e. The van der Waals surface area contributed by atoms with Gasteiger partial charge in [0.15, 0.2) is 5.75 Å². The minimum Gasteiger partial charge on any atom is -0.484 e. The zero-order valence-electron chi connectivity index (χ0n) is 14.8. The Labute approximate surface area is 138 Å². The fraction of sp³-hybridized carbons (Fsp3) is 0.556. The lowest BCUT2D eigenvalue weighted by Gasteiger charge is -2.35. The van der Waals surface area contributed by atoms with Gasteiger partial charge in [0, 0.05) is 18.2 Å². The molecule has 0 saturated carbocycles. The smallest absolute Gasteiger partial charge is 0.311 e. The summed E-state index contributed by atoms with van der Waals surface area (Å²) in [7, 11) is 2.12. The van der Waals surface area contributed by atoms with Gasteiger partial charge >= 0.3 is 5.69 Å². The quantitative estimate of drug-likeness (QED) is 0.617. The number of likely N-dealkylation sites (N-methyl/N-ethyl adjacent to an activating group) is 1. The molecule has 1 unspecified atom stereocenters. The van der Waals surface area contributed by atoms with E-state index in [1.54, 1.807) is 6.07 Å². The molecule has 0 N–H and O–H groups in total. The van der Waals surface area contributed by atoms with Gasteiger partial charge in [0.2, 0.25) is 0 Å². The van der Waals surface area contributed by atoms with Crippen LogP contribution < -0.4 is 4.74 Å². The molecule has 5 heteroatoms. The van der Waals surface area contributed by atoms with Crippen molar-refractivity contribution >= 4 is 11.3 Å². The van der Waals surface area contributed by atoms with E-state index in [0.29, 0.717) is 17.8 Å². The van der Waals surface area contributed by atoms with Crippen LogP contribution in [0.15, 0.2) is 18.2 Å². The predicted molar refractivity (Wildman–Crippen MR) is 92.9 cm³/mol. The summed E-state index contributed by atoms with van der Waals surface area (Å²) in [5, 5.41) is 11.3. The van der Waals surface area contributed by atoms with Crippen LogP contribution in [0.5, 0.6) is 5.75 Å². The van der Waals surface area contributed by atoms with E-state index in [1.165, 1.54) is 5.57 Å². The number of ether oxygens (including phenoxy) is 1. The first-order valence-corrected chi connectivity index (χ1v) is 8.09. The van der Waals surface area contributed by atoms with Crippen LogP contribution in [0.25, 0.3) is 5.57 Å². The summed E-state index contributed by atoms with van der Waals surface area (Å²) in [6.07, 6.45) is 3.07. The van der Waals surface area contributed by atoms with E-state index in [2.05, 4.69) is 31.9 Å². The Morgan fingerprint density at radius 2 is 2.00 bits per heavy atom. The first-order valence-electron chi connectivity index (χ1n) is 8.09. The summed E-state index contributed by atoms with van der Waals surface area (Å²) in [4.78, 5) is 13.3. The summed E-state index contributed by atoms with van der Waals surface area (Å²) in [6, 6.07) is 4.25. The fourth-order valence-corrected chi connectivity index (χ4v) is 3.05. The van der Waals surface area contributed by atoms with E-state index < -0.39 is 0 Å². The van der Waals surface area contributed by atoms with Crippen LogP contribution >= 0.6 is 0 Å². The molecule has 5 nitrogen and oxygen atoms in total. The Morgan fingerprint density at radius 1 is 1.35 bits per heavy atom.